The van der Waals surface area contributed by atoms with Crippen LogP contribution in [0.2, 0.25) is 0 Å². The summed E-state index contributed by atoms with van der Waals surface area (Å²) in [7, 11) is 3.96. The van der Waals surface area contributed by atoms with Crippen molar-refractivity contribution in [2.75, 3.05) is 27.2 Å². The number of H-pyrrole nitrogens is 1. The first-order valence-electron chi connectivity index (χ1n) is 6.10. The smallest absolute Gasteiger partial charge is 0.255 e. The molecule has 0 aromatic carbocycles. The Morgan fingerprint density at radius 3 is 2.50 bits per heavy atom. The molecule has 1 aromatic rings. The molecule has 0 fully saturated rings. The molecule has 18 heavy (non-hydrogen) atoms. The van der Waals surface area contributed by atoms with E-state index in [2.05, 4.69) is 4.98 Å². The van der Waals surface area contributed by atoms with E-state index in [-0.39, 0.29) is 17.5 Å². The third-order valence-corrected chi connectivity index (χ3v) is 2.79. The number of carbonyl (C=O) groups excluding carboxylic acids is 1. The van der Waals surface area contributed by atoms with Crippen LogP contribution in [-0.2, 0) is 0 Å². The Bertz CT molecular complexity index is 433. The van der Waals surface area contributed by atoms with Gasteiger partial charge >= 0.3 is 0 Å². The summed E-state index contributed by atoms with van der Waals surface area (Å²) in [6.07, 6.45) is 1.47. The summed E-state index contributed by atoms with van der Waals surface area (Å²) < 4.78 is 0. The number of nitrogens with one attached hydrogen (secondary N) is 1. The Morgan fingerprint density at radius 2 is 2.06 bits per heavy atom. The lowest BCUT2D eigenvalue weighted by Gasteiger charge is -2.30. The second-order valence-electron chi connectivity index (χ2n) is 4.64. The molecule has 5 heteroatoms. The molecule has 1 rings (SSSR count). The van der Waals surface area contributed by atoms with Gasteiger partial charge in [0, 0.05) is 31.4 Å². The van der Waals surface area contributed by atoms with Crippen LogP contribution in [0.5, 0.6) is 0 Å². The fraction of sp³-hybridized carbons (Fsp3) is 0.538. The quantitative estimate of drug-likeness (QED) is 0.841. The SMILES string of the molecule is CCN(C(=O)c1ccc(=O)[nH]c1)C(C)CN(C)C. The zero-order valence-electron chi connectivity index (χ0n) is 11.4. The first-order chi connectivity index (χ1) is 8.45. The predicted molar refractivity (Wildman–Crippen MR) is 71.8 cm³/mol. The van der Waals surface area contributed by atoms with Crippen LogP contribution in [0, 0.1) is 0 Å². The highest BCUT2D eigenvalue weighted by Gasteiger charge is 2.20. The Kier molecular flexibility index (Phi) is 5.09. The average molecular weight is 251 g/mol. The van der Waals surface area contributed by atoms with Gasteiger partial charge in [0.05, 0.1) is 5.56 Å². The minimum atomic E-state index is -0.198. The van der Waals surface area contributed by atoms with Gasteiger partial charge in [-0.15, -0.1) is 0 Å². The number of likely N-dealkylation sites (N-methyl/N-ethyl adjacent to an activating group) is 2. The van der Waals surface area contributed by atoms with Gasteiger partial charge in [0.2, 0.25) is 5.56 Å². The molecule has 1 unspecified atom stereocenters. The second-order valence-corrected chi connectivity index (χ2v) is 4.64. The van der Waals surface area contributed by atoms with Crippen LogP contribution in [0.3, 0.4) is 0 Å². The Hall–Kier alpha value is -1.62. The van der Waals surface area contributed by atoms with Crippen LogP contribution in [0.1, 0.15) is 24.2 Å². The zero-order chi connectivity index (χ0) is 13.7. The molecule has 0 saturated heterocycles. The number of rotatable bonds is 5. The first kappa shape index (κ1) is 14.4. The van der Waals surface area contributed by atoms with Crippen molar-refractivity contribution >= 4 is 5.91 Å². The summed E-state index contributed by atoms with van der Waals surface area (Å²) in [5, 5.41) is 0. The highest BCUT2D eigenvalue weighted by atomic mass is 16.2. The van der Waals surface area contributed by atoms with Gasteiger partial charge in [-0.25, -0.2) is 0 Å². The molecule has 100 valence electrons. The monoisotopic (exact) mass is 251 g/mol. The van der Waals surface area contributed by atoms with Crippen LogP contribution < -0.4 is 5.56 Å². The molecule has 5 nitrogen and oxygen atoms in total. The van der Waals surface area contributed by atoms with E-state index in [4.69, 9.17) is 0 Å². The van der Waals surface area contributed by atoms with Crippen molar-refractivity contribution in [3.63, 3.8) is 0 Å². The van der Waals surface area contributed by atoms with Crippen molar-refractivity contribution in [3.05, 3.63) is 34.2 Å². The number of nitrogens with zero attached hydrogens (tertiary/aromatic N) is 2. The van der Waals surface area contributed by atoms with E-state index in [1.807, 2.05) is 32.8 Å². The van der Waals surface area contributed by atoms with Gasteiger partial charge in [-0.1, -0.05) is 0 Å². The van der Waals surface area contributed by atoms with Gasteiger partial charge in [-0.3, -0.25) is 9.59 Å². The van der Waals surface area contributed by atoms with Crippen molar-refractivity contribution in [1.82, 2.24) is 14.8 Å². The average Bonchev–Trinajstić information content (AvgIpc) is 2.29. The molecular formula is C13H21N3O2. The number of amides is 1. The molecule has 0 spiro atoms. The fourth-order valence-corrected chi connectivity index (χ4v) is 1.99. The number of hydrogen-bond acceptors (Lipinski definition) is 3. The van der Waals surface area contributed by atoms with E-state index < -0.39 is 0 Å². The standard InChI is InChI=1S/C13H21N3O2/c1-5-16(10(2)9-15(3)4)13(18)11-6-7-12(17)14-8-11/h6-8,10H,5,9H2,1-4H3,(H,14,17). The van der Waals surface area contributed by atoms with Crippen LogP contribution >= 0.6 is 0 Å². The Morgan fingerprint density at radius 1 is 1.39 bits per heavy atom. The van der Waals surface area contributed by atoms with Crippen molar-refractivity contribution in [2.45, 2.75) is 19.9 Å². The minimum Gasteiger partial charge on any atom is -0.335 e. The van der Waals surface area contributed by atoms with Crippen molar-refractivity contribution in [2.24, 2.45) is 0 Å². The molecule has 0 bridgehead atoms. The van der Waals surface area contributed by atoms with Gasteiger partial charge in [0.25, 0.3) is 5.91 Å². The van der Waals surface area contributed by atoms with E-state index in [0.29, 0.717) is 12.1 Å². The summed E-state index contributed by atoms with van der Waals surface area (Å²) in [6.45, 7) is 5.43. The molecular weight excluding hydrogens is 230 g/mol. The summed E-state index contributed by atoms with van der Waals surface area (Å²) in [5.41, 5.74) is 0.318. The molecule has 0 radical (unpaired) electrons. The van der Waals surface area contributed by atoms with E-state index in [9.17, 15) is 9.59 Å². The third kappa shape index (κ3) is 3.70. The molecule has 1 aromatic heterocycles. The van der Waals surface area contributed by atoms with E-state index in [1.54, 1.807) is 11.0 Å². The third-order valence-electron chi connectivity index (χ3n) is 2.79. The van der Waals surface area contributed by atoms with Gasteiger partial charge in [-0.05, 0) is 34.0 Å². The largest absolute Gasteiger partial charge is 0.335 e. The number of hydrogen-bond donors (Lipinski definition) is 1. The van der Waals surface area contributed by atoms with Gasteiger partial charge < -0.3 is 14.8 Å². The Labute approximate surface area is 107 Å². The van der Waals surface area contributed by atoms with Crippen LogP contribution in [0.15, 0.2) is 23.1 Å². The summed E-state index contributed by atoms with van der Waals surface area (Å²) in [5.74, 6) is -0.0527. The molecule has 0 aliphatic rings. The molecule has 0 saturated carbocycles. The van der Waals surface area contributed by atoms with Crippen molar-refractivity contribution < 1.29 is 4.79 Å². The van der Waals surface area contributed by atoms with E-state index >= 15 is 0 Å². The molecule has 0 aliphatic heterocycles. The number of carbonyl (C=O) groups is 1. The maximum atomic E-state index is 12.3. The summed E-state index contributed by atoms with van der Waals surface area (Å²) >= 11 is 0. The van der Waals surface area contributed by atoms with Crippen LogP contribution in [0.4, 0.5) is 0 Å². The zero-order valence-corrected chi connectivity index (χ0v) is 11.4. The molecule has 1 N–H and O–H groups in total. The van der Waals surface area contributed by atoms with Gasteiger partial charge in [0.1, 0.15) is 0 Å². The maximum Gasteiger partial charge on any atom is 0.255 e. The van der Waals surface area contributed by atoms with Gasteiger partial charge in [-0.2, -0.15) is 0 Å². The lowest BCUT2D eigenvalue weighted by molar-refractivity contribution is 0.0678. The summed E-state index contributed by atoms with van der Waals surface area (Å²) in [4.78, 5) is 29.6. The normalized spacial score (nSPS) is 12.5. The first-order valence-corrected chi connectivity index (χ1v) is 6.10. The second kappa shape index (κ2) is 6.35. The van der Waals surface area contributed by atoms with Crippen LogP contribution in [-0.4, -0.2) is 53.9 Å². The topological polar surface area (TPSA) is 56.4 Å². The number of aromatic nitrogens is 1. The fourth-order valence-electron chi connectivity index (χ4n) is 1.99. The Balaban J connectivity index is 2.85. The number of aromatic amines is 1. The maximum absolute atomic E-state index is 12.3. The molecule has 1 atom stereocenters. The minimum absolute atomic E-state index is 0.0527. The number of pyridine rings is 1. The highest BCUT2D eigenvalue weighted by molar-refractivity contribution is 5.94. The highest BCUT2D eigenvalue weighted by Crippen LogP contribution is 2.07. The predicted octanol–water partition coefficient (Wildman–Crippen LogP) is 0.787. The van der Waals surface area contributed by atoms with E-state index in [1.165, 1.54) is 12.3 Å². The molecule has 1 amide bonds. The summed E-state index contributed by atoms with van der Waals surface area (Å²) in [6, 6.07) is 3.06. The molecule has 0 aliphatic carbocycles. The lowest BCUT2D eigenvalue weighted by Crippen LogP contribution is -2.43. The van der Waals surface area contributed by atoms with E-state index in [0.717, 1.165) is 6.54 Å². The van der Waals surface area contributed by atoms with Crippen LogP contribution in [0.25, 0.3) is 0 Å². The van der Waals surface area contributed by atoms with Gasteiger partial charge in [0.15, 0.2) is 0 Å². The van der Waals surface area contributed by atoms with Crippen molar-refractivity contribution in [1.29, 1.82) is 0 Å². The van der Waals surface area contributed by atoms with Crippen molar-refractivity contribution in [3.8, 4) is 0 Å². The molecule has 1 heterocycles. The lowest BCUT2D eigenvalue weighted by atomic mass is 10.2.